The number of aryl methyl sites for hydroxylation is 1. The van der Waals surface area contributed by atoms with Gasteiger partial charge in [-0.1, -0.05) is 62.4 Å². The van der Waals surface area contributed by atoms with Crippen molar-refractivity contribution in [3.63, 3.8) is 0 Å². The molecule has 2 aliphatic rings. The van der Waals surface area contributed by atoms with E-state index in [2.05, 4.69) is 72.8 Å². The molecule has 0 unspecified atom stereocenters. The molecule has 5 heterocycles. The van der Waals surface area contributed by atoms with Crippen LogP contribution >= 0.6 is 0 Å². The fourth-order valence-electron chi connectivity index (χ4n) is 11.7. The summed E-state index contributed by atoms with van der Waals surface area (Å²) in [5.41, 5.74) is 14.8. The highest BCUT2D eigenvalue weighted by molar-refractivity contribution is 6.00. The van der Waals surface area contributed by atoms with Crippen molar-refractivity contribution < 1.29 is 59.5 Å². The monoisotopic (exact) mass is 1300 g/mol. The van der Waals surface area contributed by atoms with Gasteiger partial charge in [0.05, 0.1) is 12.9 Å². The van der Waals surface area contributed by atoms with Gasteiger partial charge in [0.25, 0.3) is 0 Å². The number of nitrogens with two attached hydrogens (primary N) is 2. The summed E-state index contributed by atoms with van der Waals surface area (Å²) in [4.78, 5) is 161. The molecule has 29 nitrogen and oxygen atoms in total. The van der Waals surface area contributed by atoms with Crippen molar-refractivity contribution in [3.8, 4) is 5.75 Å². The van der Waals surface area contributed by atoms with Gasteiger partial charge in [-0.3, -0.25) is 52.9 Å². The van der Waals surface area contributed by atoms with Crippen molar-refractivity contribution in [2.45, 2.75) is 153 Å². The number of rotatable bonds is 32. The number of aromatic nitrogens is 4. The summed E-state index contributed by atoms with van der Waals surface area (Å²) in [6.07, 6.45) is 5.16. The molecule has 3 aromatic carbocycles. The number of fused-ring (bicyclic) bond motifs is 2. The maximum Gasteiger partial charge on any atom is 0.245 e. The third-order valence-corrected chi connectivity index (χ3v) is 16.5. The zero-order chi connectivity index (χ0) is 68.3. The molecule has 0 radical (unpaired) electrons. The summed E-state index contributed by atoms with van der Waals surface area (Å²) in [5, 5.41) is 46.9. The standard InChI is InChI=1S/C65H85N17O12/c1-5-69-63(93)54-17-11-25-82(54)64(94)47(16-10-24-70-65(66)67)75-57(87)48(26-35(2)3)76-61(91)52(30-43-36(4)73-45-15-9-7-13-42(43)45)80-58(88)49(27-37-18-20-40(84)21-19-37)77-62(92)53(33-83)81-59(89)50(28-38-31-71-44-14-8-6-12-41(38)44)78-60(90)51(29-39-32-68-34-72-39)79-56(86)46-22-23-55(85)74-46/h6-9,12-15,18-21,31-32,34-35,46-54,71,73,83-84H,5,10-11,16-17,22-30,33H2,1-4H3,(H,68,72)(H,69,93)(H,74,85)(H,75,87)(H,76,91)(H,77,92)(H,78,90)(H,79,86)(H,80,88)(H,81,89)(H4,66,67,70)/t46-,47-,48-,49-,50-,51-,52-,53-,54-/m0/s1/i4D. The summed E-state index contributed by atoms with van der Waals surface area (Å²) in [5.74, 6) is -7.83. The number of phenolic OH excluding ortho intramolecular Hbond substituents is 1. The van der Waals surface area contributed by atoms with Crippen molar-refractivity contribution in [2.24, 2.45) is 22.4 Å². The lowest BCUT2D eigenvalue weighted by atomic mass is 9.98. The summed E-state index contributed by atoms with van der Waals surface area (Å²) in [6.45, 7) is 4.78. The lowest BCUT2D eigenvalue weighted by Gasteiger charge is -2.30. The number of nitrogens with zero attached hydrogens (tertiary/aromatic N) is 3. The molecule has 0 bridgehead atoms. The number of hydrogen-bond donors (Lipinski definition) is 16. The minimum atomic E-state index is -1.81. The average Bonchev–Trinajstić information content (AvgIpc) is 1.69. The maximum absolute atomic E-state index is 15.2. The van der Waals surface area contributed by atoms with E-state index in [4.69, 9.17) is 12.8 Å². The number of hydrogen-bond acceptors (Lipinski definition) is 14. The Balaban J connectivity index is 1.07. The summed E-state index contributed by atoms with van der Waals surface area (Å²) in [7, 11) is 0. The quantitative estimate of drug-likeness (QED) is 0.0145. The third-order valence-electron chi connectivity index (χ3n) is 16.5. The molecule has 6 aromatic rings. The van der Waals surface area contributed by atoms with Crippen LogP contribution in [0.25, 0.3) is 21.8 Å². The van der Waals surface area contributed by atoms with Crippen LogP contribution < -0.4 is 59.3 Å². The van der Waals surface area contributed by atoms with Crippen LogP contribution in [0.5, 0.6) is 5.75 Å². The highest BCUT2D eigenvalue weighted by atomic mass is 16.3. The highest BCUT2D eigenvalue weighted by Crippen LogP contribution is 2.25. The molecule has 0 spiro atoms. The fourth-order valence-corrected chi connectivity index (χ4v) is 11.7. The van der Waals surface area contributed by atoms with Gasteiger partial charge in [-0.25, -0.2) is 4.98 Å². The first-order valence-corrected chi connectivity index (χ1v) is 31.5. The van der Waals surface area contributed by atoms with Gasteiger partial charge in [0.2, 0.25) is 59.1 Å². The first-order valence-electron chi connectivity index (χ1n) is 32.2. The molecule has 18 N–H and O–H groups in total. The van der Waals surface area contributed by atoms with Gasteiger partial charge in [-0.15, -0.1) is 0 Å². The van der Waals surface area contributed by atoms with E-state index in [1.165, 1.54) is 41.7 Å². The number of nitrogens with one attached hydrogen (secondary N) is 12. The average molecular weight is 1300 g/mol. The van der Waals surface area contributed by atoms with Crippen LogP contribution in [-0.2, 0) is 73.6 Å². The molecule has 2 saturated heterocycles. The van der Waals surface area contributed by atoms with Crippen molar-refractivity contribution in [2.75, 3.05) is 26.2 Å². The van der Waals surface area contributed by atoms with Gasteiger partial charge < -0.3 is 89.4 Å². The highest BCUT2D eigenvalue weighted by Gasteiger charge is 2.40. The Hall–Kier alpha value is -10.3. The lowest BCUT2D eigenvalue weighted by molar-refractivity contribution is -0.142. The van der Waals surface area contributed by atoms with Crippen molar-refractivity contribution in [1.29, 1.82) is 0 Å². The lowest BCUT2D eigenvalue weighted by Crippen LogP contribution is -2.61. The molecule has 0 saturated carbocycles. The van der Waals surface area contributed by atoms with Gasteiger partial charge in [0.15, 0.2) is 5.96 Å². The normalized spacial score (nSPS) is 16.9. The van der Waals surface area contributed by atoms with E-state index in [1.54, 1.807) is 61.7 Å². The molecule has 94 heavy (non-hydrogen) atoms. The molecule has 8 rings (SSSR count). The number of aliphatic imine (C=N–C) groups is 1. The largest absolute Gasteiger partial charge is 0.508 e. The number of likely N-dealkylation sites (tertiary alicyclic amines) is 1. The number of guanidine groups is 1. The van der Waals surface area contributed by atoms with Crippen molar-refractivity contribution in [1.82, 2.24) is 72.7 Å². The van der Waals surface area contributed by atoms with Crippen molar-refractivity contribution >= 4 is 86.8 Å². The Labute approximate surface area is 543 Å². The van der Waals surface area contributed by atoms with Crippen LogP contribution in [0.2, 0.25) is 0 Å². The second kappa shape index (κ2) is 32.8. The fraction of sp³-hybridized carbons (Fsp3) is 0.446. The second-order valence-corrected chi connectivity index (χ2v) is 24.0. The van der Waals surface area contributed by atoms with Gasteiger partial charge in [0, 0.05) is 98.7 Å². The Morgan fingerprint density at radius 2 is 1.32 bits per heavy atom. The topological polar surface area (TPSA) is 447 Å². The number of phenols is 1. The SMILES string of the molecule is [2H]Cc1[nH]c2ccccc2c1C[C@H](NC(=O)[C@H](Cc1ccc(O)cc1)NC(=O)[C@H](CO)NC(=O)[C@H](Cc1c[nH]c2ccccc12)NC(=O)[C@H](Cc1cnc[nH]1)NC(=O)[C@@H]1CCC(=O)N1)C(=O)N[C@@H](CC(C)C)C(=O)N[C@@H](CCCN=C(N)N)C(=O)N1CCC[C@H]1C(=O)NCC. The van der Waals surface area contributed by atoms with Crippen LogP contribution in [-0.4, -0.2) is 181 Å². The number of benzene rings is 3. The number of aliphatic hydroxyl groups is 1. The number of carbonyl (C=O) groups is 10. The number of aromatic amines is 3. The molecule has 3 aromatic heterocycles. The summed E-state index contributed by atoms with van der Waals surface area (Å²) >= 11 is 0. The molecule has 502 valence electrons. The Kier molecular flexibility index (Phi) is 23.7. The van der Waals surface area contributed by atoms with Gasteiger partial charge in [0.1, 0.15) is 60.1 Å². The summed E-state index contributed by atoms with van der Waals surface area (Å²) in [6, 6.07) is 7.93. The first kappa shape index (κ1) is 68.1. The maximum atomic E-state index is 15.2. The predicted octanol–water partition coefficient (Wildman–Crippen LogP) is -0.452. The number of aliphatic hydroxyl groups excluding tert-OH is 1. The Morgan fingerprint density at radius 1 is 0.713 bits per heavy atom. The smallest absolute Gasteiger partial charge is 0.245 e. The van der Waals surface area contributed by atoms with Crippen LogP contribution in [0.3, 0.4) is 0 Å². The number of para-hydroxylation sites is 2. The first-order chi connectivity index (χ1) is 45.6. The van der Waals surface area contributed by atoms with E-state index >= 15 is 9.59 Å². The van der Waals surface area contributed by atoms with E-state index in [0.29, 0.717) is 69.3 Å². The van der Waals surface area contributed by atoms with E-state index in [9.17, 15) is 48.6 Å². The van der Waals surface area contributed by atoms with Gasteiger partial charge in [-0.05, 0) is 99.2 Å². The molecular formula is C65H85N17O12. The van der Waals surface area contributed by atoms with Crippen LogP contribution in [0.15, 0.2) is 96.5 Å². The van der Waals surface area contributed by atoms with Crippen LogP contribution in [0.4, 0.5) is 0 Å². The van der Waals surface area contributed by atoms with E-state index < -0.39 is 108 Å². The van der Waals surface area contributed by atoms with Crippen LogP contribution in [0, 0.1) is 12.8 Å². The predicted molar refractivity (Wildman–Crippen MR) is 347 cm³/mol. The molecule has 2 aliphatic heterocycles. The Morgan fingerprint density at radius 3 is 1.95 bits per heavy atom. The molecule has 10 amide bonds. The number of amides is 10. The number of H-pyrrole nitrogens is 3. The molecule has 29 heteroatoms. The zero-order valence-electron chi connectivity index (χ0n) is 53.7. The van der Waals surface area contributed by atoms with E-state index in [1.807, 2.05) is 13.8 Å². The summed E-state index contributed by atoms with van der Waals surface area (Å²) < 4.78 is 8.49. The molecular weight excluding hydrogens is 1210 g/mol. The minimum absolute atomic E-state index is 0.0349. The van der Waals surface area contributed by atoms with E-state index in [-0.39, 0.29) is 107 Å². The molecule has 9 atom stereocenters. The number of imidazole rings is 1. The molecule has 2 fully saturated rings. The number of carbonyl (C=O) groups excluding carboxylic acids is 10. The number of aromatic hydroxyl groups is 1. The van der Waals surface area contributed by atoms with Crippen molar-refractivity contribution in [3.05, 3.63) is 120 Å². The Bertz CT molecular complexity index is 3720. The van der Waals surface area contributed by atoms with Gasteiger partial charge >= 0.3 is 0 Å². The second-order valence-electron chi connectivity index (χ2n) is 24.0. The minimum Gasteiger partial charge on any atom is -0.508 e. The zero-order valence-corrected chi connectivity index (χ0v) is 52.7. The van der Waals surface area contributed by atoms with E-state index in [0.717, 1.165) is 0 Å². The third kappa shape index (κ3) is 18.7. The number of likely N-dealkylation sites (N-methyl/N-ethyl adjacent to an activating group) is 1. The van der Waals surface area contributed by atoms with Crippen LogP contribution in [0.1, 0.15) is 95.2 Å². The van der Waals surface area contributed by atoms with Gasteiger partial charge in [-0.2, -0.15) is 0 Å². The molecule has 0 aliphatic carbocycles.